The maximum atomic E-state index is 12.9. The van der Waals surface area contributed by atoms with Gasteiger partial charge < -0.3 is 29.1 Å². The minimum atomic E-state index is -0.564. The molecule has 9 nitrogen and oxygen atoms in total. The van der Waals surface area contributed by atoms with Crippen molar-refractivity contribution in [3.63, 3.8) is 0 Å². The molecule has 9 heteroatoms. The number of hydrogen-bond acceptors (Lipinski definition) is 7. The number of anilines is 2. The summed E-state index contributed by atoms with van der Waals surface area (Å²) in [6, 6.07) is 13.5. The summed E-state index contributed by atoms with van der Waals surface area (Å²) in [5.74, 6) is -0.771. The summed E-state index contributed by atoms with van der Waals surface area (Å²) in [7, 11) is 2.90. The molecule has 0 aliphatic carbocycles. The average Bonchev–Trinajstić information content (AvgIpc) is 3.51. The summed E-state index contributed by atoms with van der Waals surface area (Å²) in [5, 5.41) is 6.88. The number of furan rings is 1. The fourth-order valence-corrected chi connectivity index (χ4v) is 3.86. The van der Waals surface area contributed by atoms with Crippen molar-refractivity contribution >= 4 is 34.3 Å². The third kappa shape index (κ3) is 5.70. The number of aromatic nitrogens is 2. The first kappa shape index (κ1) is 24.0. The SMILES string of the molecule is COCCn1c(C(=O)OC)c(NC(=O)CCc2ccccc2)c2cc(NCc3ccoc3)cnc21. The van der Waals surface area contributed by atoms with Crippen molar-refractivity contribution in [2.75, 3.05) is 31.5 Å². The van der Waals surface area contributed by atoms with E-state index in [1.807, 2.05) is 42.5 Å². The van der Waals surface area contributed by atoms with E-state index < -0.39 is 5.97 Å². The topological polar surface area (TPSA) is 108 Å². The Bertz CT molecular complexity index is 1280. The van der Waals surface area contributed by atoms with Gasteiger partial charge in [-0.05, 0) is 24.1 Å². The number of pyridine rings is 1. The molecule has 0 unspecified atom stereocenters. The molecule has 4 aromatic rings. The highest BCUT2D eigenvalue weighted by molar-refractivity contribution is 6.11. The Morgan fingerprint density at radius 3 is 2.66 bits per heavy atom. The quantitative estimate of drug-likeness (QED) is 0.312. The van der Waals surface area contributed by atoms with Crippen molar-refractivity contribution < 1.29 is 23.5 Å². The number of rotatable bonds is 11. The number of esters is 1. The van der Waals surface area contributed by atoms with Crippen LogP contribution in [0.15, 0.2) is 65.6 Å². The second-order valence-electron chi connectivity index (χ2n) is 7.97. The van der Waals surface area contributed by atoms with Gasteiger partial charge >= 0.3 is 5.97 Å². The van der Waals surface area contributed by atoms with Crippen molar-refractivity contribution in [1.29, 1.82) is 0 Å². The first-order valence-electron chi connectivity index (χ1n) is 11.3. The number of carbonyl (C=O) groups is 2. The summed E-state index contributed by atoms with van der Waals surface area (Å²) in [6.07, 6.45) is 5.81. The standard InChI is InChI=1S/C26H28N4O5/c1-33-13-11-30-24(26(32)34-2)23(29-22(31)9-8-18-6-4-3-5-7-18)21-14-20(16-28-25(21)30)27-15-19-10-12-35-17-19/h3-7,10,12,14,16-17,27H,8-9,11,13,15H2,1-2H3,(H,29,31). The van der Waals surface area contributed by atoms with Crippen molar-refractivity contribution in [1.82, 2.24) is 9.55 Å². The molecule has 35 heavy (non-hydrogen) atoms. The highest BCUT2D eigenvalue weighted by Gasteiger charge is 2.26. The smallest absolute Gasteiger partial charge is 0.356 e. The van der Waals surface area contributed by atoms with Gasteiger partial charge in [0, 0.05) is 37.6 Å². The Morgan fingerprint density at radius 1 is 1.11 bits per heavy atom. The molecular formula is C26H28N4O5. The third-order valence-corrected chi connectivity index (χ3v) is 5.62. The van der Waals surface area contributed by atoms with E-state index in [4.69, 9.17) is 13.9 Å². The minimum Gasteiger partial charge on any atom is -0.472 e. The normalized spacial score (nSPS) is 10.9. The lowest BCUT2D eigenvalue weighted by atomic mass is 10.1. The predicted octanol–water partition coefficient (Wildman–Crippen LogP) is 4.25. The van der Waals surface area contributed by atoms with Gasteiger partial charge in [-0.3, -0.25) is 4.79 Å². The second-order valence-corrected chi connectivity index (χ2v) is 7.97. The van der Waals surface area contributed by atoms with Crippen LogP contribution in [-0.2, 0) is 33.8 Å². The Morgan fingerprint density at radius 2 is 1.94 bits per heavy atom. The molecule has 0 saturated heterocycles. The molecule has 0 bridgehead atoms. The second kappa shape index (κ2) is 11.3. The molecule has 0 aliphatic rings. The number of hydrogen-bond donors (Lipinski definition) is 2. The van der Waals surface area contributed by atoms with E-state index in [1.54, 1.807) is 30.4 Å². The average molecular weight is 477 g/mol. The van der Waals surface area contributed by atoms with Gasteiger partial charge in [0.05, 0.1) is 43.8 Å². The molecule has 0 fully saturated rings. The monoisotopic (exact) mass is 476 g/mol. The lowest BCUT2D eigenvalue weighted by Gasteiger charge is -2.10. The van der Waals surface area contributed by atoms with Crippen LogP contribution in [0.3, 0.4) is 0 Å². The maximum absolute atomic E-state index is 12.9. The van der Waals surface area contributed by atoms with Crippen molar-refractivity contribution in [2.24, 2.45) is 0 Å². The van der Waals surface area contributed by atoms with Crippen molar-refractivity contribution in [2.45, 2.75) is 25.9 Å². The zero-order valence-corrected chi connectivity index (χ0v) is 19.7. The molecule has 0 atom stereocenters. The van der Waals surface area contributed by atoms with Crippen LogP contribution in [0.1, 0.15) is 28.0 Å². The summed E-state index contributed by atoms with van der Waals surface area (Å²) in [5.41, 5.74) is 3.93. The molecule has 0 spiro atoms. The Hall–Kier alpha value is -4.11. The zero-order chi connectivity index (χ0) is 24.6. The number of fused-ring (bicyclic) bond motifs is 1. The third-order valence-electron chi connectivity index (χ3n) is 5.62. The summed E-state index contributed by atoms with van der Waals surface area (Å²) in [4.78, 5) is 30.4. The Balaban J connectivity index is 1.68. The number of nitrogens with one attached hydrogen (secondary N) is 2. The molecule has 0 radical (unpaired) electrons. The van der Waals surface area contributed by atoms with Gasteiger partial charge in [0.2, 0.25) is 5.91 Å². The first-order chi connectivity index (χ1) is 17.1. The number of ether oxygens (including phenoxy) is 2. The number of aryl methyl sites for hydroxylation is 1. The number of methoxy groups -OCH3 is 2. The van der Waals surface area contributed by atoms with E-state index in [2.05, 4.69) is 15.6 Å². The zero-order valence-electron chi connectivity index (χ0n) is 19.7. The van der Waals surface area contributed by atoms with E-state index in [0.717, 1.165) is 16.8 Å². The predicted molar refractivity (Wildman–Crippen MR) is 132 cm³/mol. The highest BCUT2D eigenvalue weighted by atomic mass is 16.5. The lowest BCUT2D eigenvalue weighted by Crippen LogP contribution is -2.18. The largest absolute Gasteiger partial charge is 0.472 e. The molecule has 1 aromatic carbocycles. The van der Waals surface area contributed by atoms with Crippen LogP contribution in [0.4, 0.5) is 11.4 Å². The molecule has 4 rings (SSSR count). The molecular weight excluding hydrogens is 448 g/mol. The lowest BCUT2D eigenvalue weighted by molar-refractivity contribution is -0.116. The van der Waals surface area contributed by atoms with Crippen LogP contribution in [-0.4, -0.2) is 42.3 Å². The van der Waals surface area contributed by atoms with Gasteiger partial charge in [0.15, 0.2) is 5.69 Å². The van der Waals surface area contributed by atoms with E-state index in [1.165, 1.54) is 7.11 Å². The molecule has 3 heterocycles. The molecule has 182 valence electrons. The van der Waals surface area contributed by atoms with Gasteiger partial charge in [-0.1, -0.05) is 30.3 Å². The Labute approximate surface area is 203 Å². The van der Waals surface area contributed by atoms with E-state index >= 15 is 0 Å². The van der Waals surface area contributed by atoms with Gasteiger partial charge in [0.1, 0.15) is 5.65 Å². The number of amides is 1. The number of carbonyl (C=O) groups excluding carboxylic acids is 2. The van der Waals surface area contributed by atoms with Crippen LogP contribution >= 0.6 is 0 Å². The first-order valence-corrected chi connectivity index (χ1v) is 11.3. The van der Waals surface area contributed by atoms with E-state index in [0.29, 0.717) is 42.8 Å². The minimum absolute atomic E-state index is 0.207. The van der Waals surface area contributed by atoms with Crippen LogP contribution < -0.4 is 10.6 Å². The summed E-state index contributed by atoms with van der Waals surface area (Å²) < 4.78 is 17.1. The fraction of sp³-hybridized carbons (Fsp3) is 0.269. The maximum Gasteiger partial charge on any atom is 0.356 e. The van der Waals surface area contributed by atoms with Crippen LogP contribution in [0.2, 0.25) is 0 Å². The summed E-state index contributed by atoms with van der Waals surface area (Å²) >= 11 is 0. The van der Waals surface area contributed by atoms with Gasteiger partial charge in [-0.25, -0.2) is 9.78 Å². The van der Waals surface area contributed by atoms with Crippen molar-refractivity contribution in [3.05, 3.63) is 78.0 Å². The molecule has 0 aliphatic heterocycles. The summed E-state index contributed by atoms with van der Waals surface area (Å²) in [6.45, 7) is 1.26. The number of nitrogens with zero attached hydrogens (tertiary/aromatic N) is 2. The van der Waals surface area contributed by atoms with Gasteiger partial charge in [-0.15, -0.1) is 0 Å². The molecule has 0 saturated carbocycles. The van der Waals surface area contributed by atoms with Crippen molar-refractivity contribution in [3.8, 4) is 0 Å². The Kier molecular flexibility index (Phi) is 7.79. The van der Waals surface area contributed by atoms with E-state index in [9.17, 15) is 9.59 Å². The van der Waals surface area contributed by atoms with Crippen LogP contribution in [0.25, 0.3) is 11.0 Å². The molecule has 2 N–H and O–H groups in total. The van der Waals surface area contributed by atoms with Crippen LogP contribution in [0.5, 0.6) is 0 Å². The fourth-order valence-electron chi connectivity index (χ4n) is 3.86. The van der Waals surface area contributed by atoms with Gasteiger partial charge in [-0.2, -0.15) is 0 Å². The van der Waals surface area contributed by atoms with Crippen LogP contribution in [0, 0.1) is 0 Å². The van der Waals surface area contributed by atoms with E-state index in [-0.39, 0.29) is 18.0 Å². The number of benzene rings is 1. The molecule has 1 amide bonds. The molecule has 3 aromatic heterocycles. The van der Waals surface area contributed by atoms with Gasteiger partial charge in [0.25, 0.3) is 0 Å². The highest BCUT2D eigenvalue weighted by Crippen LogP contribution is 2.33.